The van der Waals surface area contributed by atoms with Gasteiger partial charge in [-0.25, -0.2) is 0 Å². The van der Waals surface area contributed by atoms with Gasteiger partial charge < -0.3 is 4.90 Å². The lowest BCUT2D eigenvalue weighted by Gasteiger charge is -2.30. The normalized spacial score (nSPS) is 20.0. The second-order valence-electron chi connectivity index (χ2n) is 7.08. The maximum absolute atomic E-state index is 9.40. The average Bonchev–Trinajstić information content (AvgIpc) is 2.72. The van der Waals surface area contributed by atoms with E-state index >= 15 is 0 Å². The van der Waals surface area contributed by atoms with Crippen LogP contribution in [0.2, 0.25) is 0 Å². The molecule has 21 heavy (non-hydrogen) atoms. The van der Waals surface area contributed by atoms with Crippen molar-refractivity contribution in [1.82, 2.24) is 0 Å². The molecule has 0 saturated carbocycles. The number of nitrogens with zero attached hydrogens (tertiary/aromatic N) is 2. The van der Waals surface area contributed by atoms with E-state index in [4.69, 9.17) is 11.6 Å². The molecule has 1 saturated heterocycles. The Bertz CT molecular complexity index is 525. The van der Waals surface area contributed by atoms with Crippen molar-refractivity contribution >= 4 is 17.3 Å². The molecule has 1 aromatic carbocycles. The Labute approximate surface area is 133 Å². The van der Waals surface area contributed by atoms with E-state index in [2.05, 4.69) is 37.8 Å². The molecule has 0 N–H and O–H groups in total. The molecule has 0 radical (unpaired) electrons. The second kappa shape index (κ2) is 6.71. The lowest BCUT2D eigenvalue weighted by Crippen LogP contribution is -2.26. The molecule has 0 amide bonds. The zero-order valence-electron chi connectivity index (χ0n) is 13.3. The number of hydrogen-bond acceptors (Lipinski definition) is 2. The van der Waals surface area contributed by atoms with Gasteiger partial charge in [-0.1, -0.05) is 26.8 Å². The third-order valence-electron chi connectivity index (χ3n) is 4.63. The van der Waals surface area contributed by atoms with Gasteiger partial charge in [0.2, 0.25) is 0 Å². The number of rotatable bonds is 2. The first-order chi connectivity index (χ1) is 9.95. The number of nitriles is 1. The number of benzene rings is 1. The molecular formula is C18H25ClN2. The number of hydrogen-bond donors (Lipinski definition) is 0. The number of alkyl halides is 1. The van der Waals surface area contributed by atoms with E-state index in [-0.39, 0.29) is 0 Å². The third kappa shape index (κ3) is 3.92. The number of anilines is 1. The summed E-state index contributed by atoms with van der Waals surface area (Å²) in [5, 5.41) is 9.40. The van der Waals surface area contributed by atoms with Gasteiger partial charge in [0.1, 0.15) is 6.07 Å². The first kappa shape index (κ1) is 16.2. The van der Waals surface area contributed by atoms with E-state index in [1.54, 1.807) is 0 Å². The zero-order chi connectivity index (χ0) is 15.5. The van der Waals surface area contributed by atoms with Crippen molar-refractivity contribution < 1.29 is 0 Å². The average molecular weight is 305 g/mol. The van der Waals surface area contributed by atoms with Crippen molar-refractivity contribution in [3.63, 3.8) is 0 Å². The predicted octanol–water partition coefficient (Wildman–Crippen LogP) is 4.95. The summed E-state index contributed by atoms with van der Waals surface area (Å²) in [6.07, 6.45) is 3.68. The van der Waals surface area contributed by atoms with Gasteiger partial charge in [0.15, 0.2) is 0 Å². The lowest BCUT2D eigenvalue weighted by atomic mass is 9.77. The van der Waals surface area contributed by atoms with Crippen LogP contribution < -0.4 is 4.90 Å². The van der Waals surface area contributed by atoms with Crippen LogP contribution in [-0.4, -0.2) is 13.1 Å². The molecule has 1 unspecified atom stereocenters. The Balaban J connectivity index is 2.18. The van der Waals surface area contributed by atoms with Gasteiger partial charge >= 0.3 is 0 Å². The molecule has 0 bridgehead atoms. The van der Waals surface area contributed by atoms with Crippen LogP contribution in [0, 0.1) is 22.7 Å². The van der Waals surface area contributed by atoms with Gasteiger partial charge in [0.25, 0.3) is 0 Å². The number of halogens is 1. The largest absolute Gasteiger partial charge is 0.370 e. The first-order valence-corrected chi connectivity index (χ1v) is 8.33. The molecule has 2 nitrogen and oxygen atoms in total. The van der Waals surface area contributed by atoms with Crippen LogP contribution in [0.5, 0.6) is 0 Å². The highest BCUT2D eigenvalue weighted by atomic mass is 35.5. The molecule has 2 rings (SSSR count). The lowest BCUT2D eigenvalue weighted by molar-refractivity contribution is 0.220. The van der Waals surface area contributed by atoms with Crippen LogP contribution in [0.1, 0.15) is 51.2 Å². The minimum atomic E-state index is 0.372. The van der Waals surface area contributed by atoms with Crippen LogP contribution >= 0.6 is 11.6 Å². The Morgan fingerprint density at radius 3 is 2.67 bits per heavy atom. The van der Waals surface area contributed by atoms with Crippen LogP contribution in [0.3, 0.4) is 0 Å². The molecule has 1 aromatic rings. The van der Waals surface area contributed by atoms with Crippen LogP contribution in [0.4, 0.5) is 5.69 Å². The standard InChI is InChI=1S/C18H25ClN2/c1-18(2,3)16-5-4-9-21(10-8-16)17-7-6-14(12-19)11-15(17)13-20/h6-7,11,16H,4-5,8-10,12H2,1-3H3. The summed E-state index contributed by atoms with van der Waals surface area (Å²) in [4.78, 5) is 2.38. The first-order valence-electron chi connectivity index (χ1n) is 7.79. The second-order valence-corrected chi connectivity index (χ2v) is 7.35. The molecule has 1 heterocycles. The summed E-state index contributed by atoms with van der Waals surface area (Å²) >= 11 is 5.87. The molecule has 1 aliphatic heterocycles. The highest BCUT2D eigenvalue weighted by molar-refractivity contribution is 6.17. The molecule has 3 heteroatoms. The Morgan fingerprint density at radius 1 is 1.29 bits per heavy atom. The Kier molecular flexibility index (Phi) is 5.17. The van der Waals surface area contributed by atoms with Crippen molar-refractivity contribution in [2.75, 3.05) is 18.0 Å². The predicted molar refractivity (Wildman–Crippen MR) is 89.7 cm³/mol. The van der Waals surface area contributed by atoms with E-state index < -0.39 is 0 Å². The summed E-state index contributed by atoms with van der Waals surface area (Å²) in [5.41, 5.74) is 3.21. The molecule has 0 spiro atoms. The molecular weight excluding hydrogens is 280 g/mol. The Morgan fingerprint density at radius 2 is 2.05 bits per heavy atom. The topological polar surface area (TPSA) is 27.0 Å². The fourth-order valence-electron chi connectivity index (χ4n) is 3.23. The van der Waals surface area contributed by atoms with Gasteiger partial charge in [-0.2, -0.15) is 5.26 Å². The quantitative estimate of drug-likeness (QED) is 0.723. The van der Waals surface area contributed by atoms with Crippen molar-refractivity contribution in [2.24, 2.45) is 11.3 Å². The van der Waals surface area contributed by atoms with Crippen molar-refractivity contribution in [1.29, 1.82) is 5.26 Å². The Hall–Kier alpha value is -1.20. The molecule has 1 aliphatic rings. The molecule has 1 fully saturated rings. The minimum absolute atomic E-state index is 0.372. The minimum Gasteiger partial charge on any atom is -0.370 e. The maximum atomic E-state index is 9.40. The fourth-order valence-corrected chi connectivity index (χ4v) is 3.40. The van der Waals surface area contributed by atoms with E-state index in [1.165, 1.54) is 19.3 Å². The zero-order valence-corrected chi connectivity index (χ0v) is 14.1. The van der Waals surface area contributed by atoms with Crippen molar-refractivity contribution in [3.05, 3.63) is 29.3 Å². The van der Waals surface area contributed by atoms with Crippen molar-refractivity contribution in [2.45, 2.75) is 45.9 Å². The van der Waals surface area contributed by atoms with E-state index in [9.17, 15) is 5.26 Å². The SMILES string of the molecule is CC(C)(C)C1CCCN(c2ccc(CCl)cc2C#N)CC1. The van der Waals surface area contributed by atoms with Crippen LogP contribution in [0.25, 0.3) is 0 Å². The van der Waals surface area contributed by atoms with Crippen LogP contribution in [-0.2, 0) is 5.88 Å². The summed E-state index contributed by atoms with van der Waals surface area (Å²) in [7, 11) is 0. The highest BCUT2D eigenvalue weighted by Crippen LogP contribution is 2.35. The van der Waals surface area contributed by atoms with Gasteiger partial charge in [-0.15, -0.1) is 11.6 Å². The van der Waals surface area contributed by atoms with Crippen LogP contribution in [0.15, 0.2) is 18.2 Å². The van der Waals surface area contributed by atoms with Gasteiger partial charge in [-0.05, 0) is 48.3 Å². The molecule has 0 aromatic heterocycles. The van der Waals surface area contributed by atoms with Crippen molar-refractivity contribution in [3.8, 4) is 6.07 Å². The van der Waals surface area contributed by atoms with Gasteiger partial charge in [0, 0.05) is 19.0 Å². The van der Waals surface area contributed by atoms with E-state index in [1.807, 2.05) is 12.1 Å². The van der Waals surface area contributed by atoms with Gasteiger partial charge in [-0.3, -0.25) is 0 Å². The van der Waals surface area contributed by atoms with Gasteiger partial charge in [0.05, 0.1) is 11.3 Å². The molecule has 114 valence electrons. The highest BCUT2D eigenvalue weighted by Gasteiger charge is 2.27. The summed E-state index contributed by atoms with van der Waals surface area (Å²) in [5.74, 6) is 1.22. The van der Waals surface area contributed by atoms with E-state index in [0.29, 0.717) is 11.3 Å². The molecule has 0 aliphatic carbocycles. The summed E-state index contributed by atoms with van der Waals surface area (Å²) < 4.78 is 0. The monoisotopic (exact) mass is 304 g/mol. The molecule has 1 atom stereocenters. The third-order valence-corrected chi connectivity index (χ3v) is 4.94. The smallest absolute Gasteiger partial charge is 0.101 e. The summed E-state index contributed by atoms with van der Waals surface area (Å²) in [6.45, 7) is 9.09. The summed E-state index contributed by atoms with van der Waals surface area (Å²) in [6, 6.07) is 8.35. The van der Waals surface area contributed by atoms with E-state index in [0.717, 1.165) is 35.8 Å². The maximum Gasteiger partial charge on any atom is 0.101 e. The fraction of sp³-hybridized carbons (Fsp3) is 0.611.